The Morgan fingerprint density at radius 3 is 2.50 bits per heavy atom. The predicted octanol–water partition coefficient (Wildman–Crippen LogP) is 7.16. The van der Waals surface area contributed by atoms with Crippen molar-refractivity contribution in [2.75, 3.05) is 5.32 Å². The summed E-state index contributed by atoms with van der Waals surface area (Å²) in [4.78, 5) is 4.93. The highest BCUT2D eigenvalue weighted by molar-refractivity contribution is 5.81. The fraction of sp³-hybridized carbons (Fsp3) is 0.462. The second kappa shape index (κ2) is 7.80. The first kappa shape index (κ1) is 20.5. The lowest BCUT2D eigenvalue weighted by atomic mass is 9.70. The zero-order valence-corrected chi connectivity index (χ0v) is 18.7. The monoisotopic (exact) mass is 400 g/mol. The topological polar surface area (TPSA) is 53.6 Å². The zero-order chi connectivity index (χ0) is 21.5. The Morgan fingerprint density at radius 2 is 1.87 bits per heavy atom. The molecular weight excluding hydrogens is 368 g/mol. The molecule has 0 radical (unpaired) electrons. The van der Waals surface area contributed by atoms with Gasteiger partial charge in [-0.1, -0.05) is 46.8 Å². The van der Waals surface area contributed by atoms with Gasteiger partial charge in [-0.15, -0.1) is 0 Å². The molecule has 0 spiro atoms. The third-order valence-corrected chi connectivity index (χ3v) is 6.38. The molecule has 1 heterocycles. The third-order valence-electron chi connectivity index (χ3n) is 6.38. The molecule has 0 bridgehead atoms. The minimum absolute atomic E-state index is 0.294. The van der Waals surface area contributed by atoms with E-state index < -0.39 is 0 Å². The zero-order valence-electron chi connectivity index (χ0n) is 18.7. The summed E-state index contributed by atoms with van der Waals surface area (Å²) in [5.41, 5.74) is 5.33. The van der Waals surface area contributed by atoms with Crippen molar-refractivity contribution in [1.82, 2.24) is 9.55 Å². The minimum Gasteiger partial charge on any atom is -0.326 e. The lowest BCUT2D eigenvalue weighted by Gasteiger charge is -2.40. The first-order valence-corrected chi connectivity index (χ1v) is 11.0. The third kappa shape index (κ3) is 4.07. The van der Waals surface area contributed by atoms with E-state index in [1.165, 1.54) is 12.0 Å². The van der Waals surface area contributed by atoms with Gasteiger partial charge in [-0.2, -0.15) is 5.26 Å². The van der Waals surface area contributed by atoms with E-state index in [4.69, 9.17) is 4.98 Å². The van der Waals surface area contributed by atoms with Crippen molar-refractivity contribution in [3.05, 3.63) is 53.6 Å². The van der Waals surface area contributed by atoms with Gasteiger partial charge >= 0.3 is 0 Å². The van der Waals surface area contributed by atoms with E-state index in [0.29, 0.717) is 28.9 Å². The fourth-order valence-electron chi connectivity index (χ4n) is 5.19. The van der Waals surface area contributed by atoms with Gasteiger partial charge in [-0.25, -0.2) is 4.98 Å². The van der Waals surface area contributed by atoms with E-state index >= 15 is 0 Å². The molecule has 1 aromatic heterocycles. The molecule has 4 rings (SSSR count). The summed E-state index contributed by atoms with van der Waals surface area (Å²) < 4.78 is 2.35. The van der Waals surface area contributed by atoms with Crippen LogP contribution in [0.15, 0.2) is 42.5 Å². The Balaban J connectivity index is 1.78. The van der Waals surface area contributed by atoms with Crippen molar-refractivity contribution >= 4 is 22.7 Å². The quantitative estimate of drug-likeness (QED) is 0.505. The summed E-state index contributed by atoms with van der Waals surface area (Å²) in [6.07, 6.45) is 3.49. The van der Waals surface area contributed by atoms with Crippen LogP contribution in [0.1, 0.15) is 77.0 Å². The van der Waals surface area contributed by atoms with Crippen LogP contribution < -0.4 is 5.32 Å². The number of nitrogens with zero attached hydrogens (tertiary/aromatic N) is 3. The van der Waals surface area contributed by atoms with Crippen LogP contribution in [0.3, 0.4) is 0 Å². The molecule has 1 aliphatic rings. The van der Waals surface area contributed by atoms with Gasteiger partial charge in [0.1, 0.15) is 0 Å². The molecule has 156 valence electrons. The summed E-state index contributed by atoms with van der Waals surface area (Å²) in [5.74, 6) is 2.04. The average Bonchev–Trinajstić information content (AvgIpc) is 3.03. The second-order valence-electron chi connectivity index (χ2n) is 10.1. The molecular formula is C26H32N4. The smallest absolute Gasteiger partial charge is 0.208 e. The Bertz CT molecular complexity index is 1080. The number of hydrogen-bond donors (Lipinski definition) is 1. The molecule has 1 N–H and O–H groups in total. The highest BCUT2D eigenvalue weighted by Gasteiger charge is 2.34. The fourth-order valence-corrected chi connectivity index (χ4v) is 5.19. The number of rotatable bonds is 4. The molecule has 0 unspecified atom stereocenters. The summed E-state index contributed by atoms with van der Waals surface area (Å²) >= 11 is 0. The van der Waals surface area contributed by atoms with Crippen molar-refractivity contribution < 1.29 is 0 Å². The second-order valence-corrected chi connectivity index (χ2v) is 10.1. The van der Waals surface area contributed by atoms with Crippen molar-refractivity contribution in [2.24, 2.45) is 11.3 Å². The highest BCUT2D eigenvalue weighted by Crippen LogP contribution is 2.46. The number of anilines is 2. The standard InChI is InChI=1S/C26H32N4/c1-17(2)20-7-9-21(10-8-20)28-25-29-23-11-6-19(16-27)13-24(23)30(25)22-12-18(3)14-26(4,5)15-22/h6-11,13,17-18,22H,12,14-15H2,1-5H3,(H,28,29)/t18-,22+/m0/s1. The van der Waals surface area contributed by atoms with Crippen LogP contribution in [-0.4, -0.2) is 9.55 Å². The Kier molecular flexibility index (Phi) is 5.32. The summed E-state index contributed by atoms with van der Waals surface area (Å²) in [6, 6.07) is 17.1. The van der Waals surface area contributed by atoms with E-state index in [2.05, 4.69) is 74.8 Å². The van der Waals surface area contributed by atoms with Crippen molar-refractivity contribution in [3.63, 3.8) is 0 Å². The maximum atomic E-state index is 9.44. The van der Waals surface area contributed by atoms with Crippen LogP contribution in [0.4, 0.5) is 11.6 Å². The lowest BCUT2D eigenvalue weighted by molar-refractivity contribution is 0.140. The number of nitriles is 1. The molecule has 0 saturated heterocycles. The number of fused-ring (bicyclic) bond motifs is 1. The van der Waals surface area contributed by atoms with Gasteiger partial charge in [0, 0.05) is 11.7 Å². The largest absolute Gasteiger partial charge is 0.326 e. The molecule has 2 atom stereocenters. The maximum Gasteiger partial charge on any atom is 0.208 e. The Morgan fingerprint density at radius 1 is 1.13 bits per heavy atom. The first-order valence-electron chi connectivity index (χ1n) is 11.0. The van der Waals surface area contributed by atoms with Crippen LogP contribution in [-0.2, 0) is 0 Å². The van der Waals surface area contributed by atoms with E-state index in [-0.39, 0.29) is 0 Å². The molecule has 2 aromatic carbocycles. The number of hydrogen-bond acceptors (Lipinski definition) is 3. The van der Waals surface area contributed by atoms with Gasteiger partial charge in [0.2, 0.25) is 5.95 Å². The first-order chi connectivity index (χ1) is 14.3. The molecule has 3 aromatic rings. The van der Waals surface area contributed by atoms with Crippen LogP contribution >= 0.6 is 0 Å². The summed E-state index contributed by atoms with van der Waals surface area (Å²) in [6.45, 7) is 11.5. The molecule has 30 heavy (non-hydrogen) atoms. The van der Waals surface area contributed by atoms with Crippen LogP contribution in [0.5, 0.6) is 0 Å². The van der Waals surface area contributed by atoms with E-state index in [9.17, 15) is 5.26 Å². The number of imidazole rings is 1. The summed E-state index contributed by atoms with van der Waals surface area (Å²) in [7, 11) is 0. The van der Waals surface area contributed by atoms with Gasteiger partial charge in [0.15, 0.2) is 0 Å². The molecule has 1 aliphatic carbocycles. The van der Waals surface area contributed by atoms with E-state index in [1.54, 1.807) is 0 Å². The molecule has 0 amide bonds. The predicted molar refractivity (Wildman–Crippen MR) is 124 cm³/mol. The van der Waals surface area contributed by atoms with Crippen molar-refractivity contribution in [1.29, 1.82) is 5.26 Å². The van der Waals surface area contributed by atoms with Gasteiger partial charge in [0.25, 0.3) is 0 Å². The SMILES string of the molecule is CC(C)c1ccc(Nc2nc3ccc(C#N)cc3n2[C@@H]2C[C@H](C)CC(C)(C)C2)cc1. The molecule has 4 heteroatoms. The molecule has 1 fully saturated rings. The summed E-state index contributed by atoms with van der Waals surface area (Å²) in [5, 5.41) is 13.0. The van der Waals surface area contributed by atoms with E-state index in [0.717, 1.165) is 35.5 Å². The Hall–Kier alpha value is -2.80. The van der Waals surface area contributed by atoms with Gasteiger partial charge < -0.3 is 9.88 Å². The van der Waals surface area contributed by atoms with Gasteiger partial charge in [-0.3, -0.25) is 0 Å². The molecule has 1 saturated carbocycles. The number of aromatic nitrogens is 2. The highest BCUT2D eigenvalue weighted by atomic mass is 15.2. The van der Waals surface area contributed by atoms with E-state index in [1.807, 2.05) is 18.2 Å². The average molecular weight is 401 g/mol. The Labute approximate surface area is 179 Å². The van der Waals surface area contributed by atoms with Crippen molar-refractivity contribution in [2.45, 2.75) is 65.8 Å². The lowest BCUT2D eigenvalue weighted by Crippen LogP contribution is -2.29. The van der Waals surface area contributed by atoms with Gasteiger partial charge in [-0.05, 0) is 72.4 Å². The normalized spacial score (nSPS) is 21.0. The number of nitrogens with one attached hydrogen (secondary N) is 1. The molecule has 0 aliphatic heterocycles. The van der Waals surface area contributed by atoms with Crippen LogP contribution in [0.2, 0.25) is 0 Å². The number of benzene rings is 2. The maximum absolute atomic E-state index is 9.44. The minimum atomic E-state index is 0.294. The van der Waals surface area contributed by atoms with Crippen LogP contribution in [0.25, 0.3) is 11.0 Å². The van der Waals surface area contributed by atoms with Crippen molar-refractivity contribution in [3.8, 4) is 6.07 Å². The van der Waals surface area contributed by atoms with Crippen LogP contribution in [0, 0.1) is 22.7 Å². The molecule has 4 nitrogen and oxygen atoms in total. The van der Waals surface area contributed by atoms with Gasteiger partial charge in [0.05, 0.1) is 22.7 Å².